The Morgan fingerprint density at radius 2 is 1.81 bits per heavy atom. The Morgan fingerprint density at radius 3 is 2.38 bits per heavy atom. The minimum Gasteiger partial charge on any atom is -0.497 e. The van der Waals surface area contributed by atoms with Crippen molar-refractivity contribution in [2.45, 2.75) is 18.4 Å². The van der Waals surface area contributed by atoms with Gasteiger partial charge in [-0.2, -0.15) is 0 Å². The molecule has 0 fully saturated rings. The van der Waals surface area contributed by atoms with Crippen LogP contribution in [0.5, 0.6) is 5.75 Å². The first-order valence-electron chi connectivity index (χ1n) is 6.41. The Hall–Kier alpha value is -2.05. The van der Waals surface area contributed by atoms with Gasteiger partial charge in [-0.25, -0.2) is 13.1 Å². The molecular weight excluding hydrogens is 288 g/mol. The van der Waals surface area contributed by atoms with E-state index in [2.05, 4.69) is 4.72 Å². The Balaban J connectivity index is 2.11. The summed E-state index contributed by atoms with van der Waals surface area (Å²) in [5.74, 6) is 0.730. The van der Waals surface area contributed by atoms with Crippen LogP contribution in [0.1, 0.15) is 11.1 Å². The highest BCUT2D eigenvalue weighted by Gasteiger charge is 2.14. The monoisotopic (exact) mass is 306 g/mol. The van der Waals surface area contributed by atoms with Gasteiger partial charge in [0, 0.05) is 12.2 Å². The van der Waals surface area contributed by atoms with Gasteiger partial charge in [-0.1, -0.05) is 18.2 Å². The van der Waals surface area contributed by atoms with Crippen molar-refractivity contribution in [3.05, 3.63) is 53.6 Å². The third kappa shape index (κ3) is 3.74. The number of sulfonamides is 1. The van der Waals surface area contributed by atoms with Crippen LogP contribution in [0.25, 0.3) is 0 Å². The van der Waals surface area contributed by atoms with Crippen LogP contribution < -0.4 is 15.2 Å². The number of anilines is 1. The molecule has 0 bridgehead atoms. The van der Waals surface area contributed by atoms with Crippen LogP contribution in [0.4, 0.5) is 5.69 Å². The Kier molecular flexibility index (Phi) is 4.50. The molecule has 2 aromatic carbocycles. The smallest absolute Gasteiger partial charge is 0.240 e. The fourth-order valence-electron chi connectivity index (χ4n) is 1.79. The summed E-state index contributed by atoms with van der Waals surface area (Å²) in [5.41, 5.74) is 7.91. The normalized spacial score (nSPS) is 11.3. The van der Waals surface area contributed by atoms with E-state index in [-0.39, 0.29) is 11.4 Å². The van der Waals surface area contributed by atoms with E-state index in [9.17, 15) is 8.42 Å². The Morgan fingerprint density at radius 1 is 1.14 bits per heavy atom. The van der Waals surface area contributed by atoms with E-state index in [1.165, 1.54) is 6.07 Å². The first-order valence-corrected chi connectivity index (χ1v) is 7.89. The van der Waals surface area contributed by atoms with E-state index in [0.29, 0.717) is 5.69 Å². The van der Waals surface area contributed by atoms with E-state index < -0.39 is 10.0 Å². The van der Waals surface area contributed by atoms with Crippen molar-refractivity contribution < 1.29 is 13.2 Å². The number of nitrogens with one attached hydrogen (secondary N) is 1. The van der Waals surface area contributed by atoms with Gasteiger partial charge in [-0.05, 0) is 42.3 Å². The predicted molar refractivity (Wildman–Crippen MR) is 82.6 cm³/mol. The lowest BCUT2D eigenvalue weighted by atomic mass is 10.2. The second kappa shape index (κ2) is 6.15. The van der Waals surface area contributed by atoms with Crippen LogP contribution in [0, 0.1) is 6.92 Å². The lowest BCUT2D eigenvalue weighted by Gasteiger charge is -2.09. The maximum Gasteiger partial charge on any atom is 0.240 e. The van der Waals surface area contributed by atoms with Crippen molar-refractivity contribution in [3.8, 4) is 5.75 Å². The van der Waals surface area contributed by atoms with Crippen molar-refractivity contribution in [1.82, 2.24) is 4.72 Å². The molecule has 2 aromatic rings. The second-order valence-electron chi connectivity index (χ2n) is 4.69. The molecule has 21 heavy (non-hydrogen) atoms. The summed E-state index contributed by atoms with van der Waals surface area (Å²) in [4.78, 5) is 0.166. The number of hydrogen-bond acceptors (Lipinski definition) is 4. The molecular formula is C15H18N2O3S. The molecule has 0 atom stereocenters. The first-order chi connectivity index (χ1) is 9.92. The molecule has 0 saturated carbocycles. The van der Waals surface area contributed by atoms with Crippen LogP contribution in [0.3, 0.4) is 0 Å². The van der Waals surface area contributed by atoms with E-state index in [0.717, 1.165) is 16.9 Å². The van der Waals surface area contributed by atoms with Gasteiger partial charge in [0.25, 0.3) is 0 Å². The summed E-state index contributed by atoms with van der Waals surface area (Å²) in [7, 11) is -1.99. The van der Waals surface area contributed by atoms with Crippen molar-refractivity contribution >= 4 is 15.7 Å². The molecule has 3 N–H and O–H groups in total. The highest BCUT2D eigenvalue weighted by Crippen LogP contribution is 2.17. The SMILES string of the molecule is COc1ccc(CNS(=O)(=O)c2ccc(C)c(N)c2)cc1. The Labute approximate surface area is 124 Å². The fraction of sp³-hybridized carbons (Fsp3) is 0.200. The van der Waals surface area contributed by atoms with E-state index in [4.69, 9.17) is 10.5 Å². The minimum absolute atomic E-state index is 0.166. The molecule has 0 unspecified atom stereocenters. The molecule has 0 aromatic heterocycles. The van der Waals surface area contributed by atoms with Crippen LogP contribution in [0.15, 0.2) is 47.4 Å². The number of aryl methyl sites for hydroxylation is 1. The lowest BCUT2D eigenvalue weighted by Crippen LogP contribution is -2.23. The third-order valence-electron chi connectivity index (χ3n) is 3.19. The quantitative estimate of drug-likeness (QED) is 0.829. The Bertz CT molecular complexity index is 725. The van der Waals surface area contributed by atoms with Crippen LogP contribution in [-0.4, -0.2) is 15.5 Å². The minimum atomic E-state index is -3.57. The molecule has 0 spiro atoms. The molecule has 0 aliphatic heterocycles. The summed E-state index contributed by atoms with van der Waals surface area (Å²) in [6.45, 7) is 2.04. The van der Waals surface area contributed by atoms with Gasteiger partial charge < -0.3 is 10.5 Å². The topological polar surface area (TPSA) is 81.4 Å². The predicted octanol–water partition coefficient (Wildman–Crippen LogP) is 2.06. The molecule has 0 radical (unpaired) electrons. The highest BCUT2D eigenvalue weighted by molar-refractivity contribution is 7.89. The van der Waals surface area contributed by atoms with Gasteiger partial charge in [0.2, 0.25) is 10.0 Å². The molecule has 0 aliphatic rings. The van der Waals surface area contributed by atoms with Gasteiger partial charge in [0.05, 0.1) is 12.0 Å². The number of nitrogen functional groups attached to an aromatic ring is 1. The van der Waals surface area contributed by atoms with Crippen LogP contribution >= 0.6 is 0 Å². The zero-order valence-electron chi connectivity index (χ0n) is 12.0. The number of benzene rings is 2. The molecule has 0 heterocycles. The van der Waals surface area contributed by atoms with Gasteiger partial charge in [-0.15, -0.1) is 0 Å². The summed E-state index contributed by atoms with van der Waals surface area (Å²) < 4.78 is 32.0. The number of hydrogen-bond donors (Lipinski definition) is 2. The van der Waals surface area contributed by atoms with Crippen molar-refractivity contribution in [2.75, 3.05) is 12.8 Å². The van der Waals surface area contributed by atoms with E-state index >= 15 is 0 Å². The van der Waals surface area contributed by atoms with Crippen LogP contribution in [0.2, 0.25) is 0 Å². The van der Waals surface area contributed by atoms with Gasteiger partial charge in [0.1, 0.15) is 5.75 Å². The van der Waals surface area contributed by atoms with Crippen molar-refractivity contribution in [2.24, 2.45) is 0 Å². The zero-order chi connectivity index (χ0) is 15.5. The number of methoxy groups -OCH3 is 1. The van der Waals surface area contributed by atoms with Gasteiger partial charge in [0.15, 0.2) is 0 Å². The fourth-order valence-corrected chi connectivity index (χ4v) is 2.84. The summed E-state index contributed by atoms with van der Waals surface area (Å²) in [5, 5.41) is 0. The molecule has 6 heteroatoms. The van der Waals surface area contributed by atoms with Gasteiger partial charge in [-0.3, -0.25) is 0 Å². The zero-order valence-corrected chi connectivity index (χ0v) is 12.8. The number of nitrogens with two attached hydrogens (primary N) is 1. The summed E-state index contributed by atoms with van der Waals surface area (Å²) in [6.07, 6.45) is 0. The standard InChI is InChI=1S/C15H18N2O3S/c1-11-3-8-14(9-15(11)16)21(18,19)17-10-12-4-6-13(20-2)7-5-12/h3-9,17H,10,16H2,1-2H3. The molecule has 0 amide bonds. The molecule has 0 aliphatic carbocycles. The molecule has 0 saturated heterocycles. The number of rotatable bonds is 5. The lowest BCUT2D eigenvalue weighted by molar-refractivity contribution is 0.414. The summed E-state index contributed by atoms with van der Waals surface area (Å²) >= 11 is 0. The first kappa shape index (κ1) is 15.3. The molecule has 2 rings (SSSR count). The van der Waals surface area contributed by atoms with Crippen molar-refractivity contribution in [1.29, 1.82) is 0 Å². The second-order valence-corrected chi connectivity index (χ2v) is 6.46. The molecule has 5 nitrogen and oxygen atoms in total. The van der Waals surface area contributed by atoms with Crippen molar-refractivity contribution in [3.63, 3.8) is 0 Å². The van der Waals surface area contributed by atoms with E-state index in [1.54, 1.807) is 31.4 Å². The average molecular weight is 306 g/mol. The maximum atomic E-state index is 12.2. The highest BCUT2D eigenvalue weighted by atomic mass is 32.2. The van der Waals surface area contributed by atoms with E-state index in [1.807, 2.05) is 19.1 Å². The average Bonchev–Trinajstić information content (AvgIpc) is 2.48. The van der Waals surface area contributed by atoms with Gasteiger partial charge >= 0.3 is 0 Å². The maximum absolute atomic E-state index is 12.2. The largest absolute Gasteiger partial charge is 0.497 e. The summed E-state index contributed by atoms with van der Waals surface area (Å²) in [6, 6.07) is 11.9. The van der Waals surface area contributed by atoms with Crippen LogP contribution in [-0.2, 0) is 16.6 Å². The molecule has 112 valence electrons. The number of ether oxygens (including phenoxy) is 1. The third-order valence-corrected chi connectivity index (χ3v) is 4.59.